The summed E-state index contributed by atoms with van der Waals surface area (Å²) in [5.41, 5.74) is 0.895. The third kappa shape index (κ3) is 4.46. The molecule has 8 heteroatoms. The first-order valence-corrected chi connectivity index (χ1v) is 9.00. The van der Waals surface area contributed by atoms with Gasteiger partial charge in [0.2, 0.25) is 0 Å². The van der Waals surface area contributed by atoms with Crippen molar-refractivity contribution >= 4 is 29.4 Å². The Morgan fingerprint density at radius 3 is 2.50 bits per heavy atom. The Bertz CT molecular complexity index is 878. The second kappa shape index (κ2) is 8.98. The van der Waals surface area contributed by atoms with Crippen LogP contribution in [0.3, 0.4) is 0 Å². The third-order valence-corrected chi connectivity index (χ3v) is 4.42. The van der Waals surface area contributed by atoms with Crippen molar-refractivity contribution in [3.05, 3.63) is 53.7 Å². The molecule has 0 saturated carbocycles. The number of anilines is 2. The number of rotatable bonds is 6. The molecule has 1 fully saturated rings. The van der Waals surface area contributed by atoms with Crippen LogP contribution in [0.5, 0.6) is 0 Å². The number of methoxy groups -OCH3 is 1. The number of benzene rings is 1. The fourth-order valence-corrected chi connectivity index (χ4v) is 3.07. The average molecular weight is 384 g/mol. The number of amides is 1. The van der Waals surface area contributed by atoms with Crippen LogP contribution in [0.2, 0.25) is 0 Å². The zero-order valence-corrected chi connectivity index (χ0v) is 15.6. The molecular weight excluding hydrogens is 362 g/mol. The minimum atomic E-state index is -0.588. The Hall–Kier alpha value is -3.42. The number of para-hydroxylation sites is 1. The van der Waals surface area contributed by atoms with Crippen LogP contribution in [-0.2, 0) is 14.3 Å². The van der Waals surface area contributed by atoms with Crippen LogP contribution in [0, 0.1) is 0 Å². The standard InChI is InChI=1S/C20H21N3O5/c1-27-19(25)14-7-2-3-9-16(14)22-17(24)13-28-20(26)15-8-6-10-21-18(15)23-11-4-5-12-23/h2-3,6-10H,4-5,11-13H2,1H3,(H,22,24)/p+1. The molecule has 2 heterocycles. The van der Waals surface area contributed by atoms with Crippen molar-refractivity contribution in [2.75, 3.05) is 37.0 Å². The molecule has 0 spiro atoms. The van der Waals surface area contributed by atoms with Gasteiger partial charge in [-0.1, -0.05) is 12.1 Å². The summed E-state index contributed by atoms with van der Waals surface area (Å²) >= 11 is 0. The van der Waals surface area contributed by atoms with Gasteiger partial charge in [-0.3, -0.25) is 9.69 Å². The molecule has 28 heavy (non-hydrogen) atoms. The highest BCUT2D eigenvalue weighted by Gasteiger charge is 2.28. The van der Waals surface area contributed by atoms with Crippen molar-refractivity contribution in [1.82, 2.24) is 0 Å². The number of hydrogen-bond acceptors (Lipinski definition) is 6. The lowest BCUT2D eigenvalue weighted by Crippen LogP contribution is -2.29. The van der Waals surface area contributed by atoms with E-state index in [-0.39, 0.29) is 5.56 Å². The van der Waals surface area contributed by atoms with E-state index in [9.17, 15) is 14.4 Å². The van der Waals surface area contributed by atoms with Gasteiger partial charge < -0.3 is 14.8 Å². The van der Waals surface area contributed by atoms with E-state index < -0.39 is 24.5 Å². The molecule has 2 N–H and O–H groups in total. The van der Waals surface area contributed by atoms with Crippen LogP contribution < -0.4 is 15.2 Å². The molecule has 0 radical (unpaired) electrons. The maximum absolute atomic E-state index is 12.5. The molecule has 0 unspecified atom stereocenters. The normalized spacial score (nSPS) is 13.1. The van der Waals surface area contributed by atoms with Gasteiger partial charge >= 0.3 is 11.9 Å². The second-order valence-corrected chi connectivity index (χ2v) is 6.29. The van der Waals surface area contributed by atoms with E-state index >= 15 is 0 Å². The number of aromatic amines is 1. The first-order valence-electron chi connectivity index (χ1n) is 9.00. The fourth-order valence-electron chi connectivity index (χ4n) is 3.07. The van der Waals surface area contributed by atoms with Gasteiger partial charge in [-0.2, -0.15) is 0 Å². The maximum atomic E-state index is 12.5. The quantitative estimate of drug-likeness (QED) is 0.761. The summed E-state index contributed by atoms with van der Waals surface area (Å²) in [5, 5.41) is 2.57. The molecule has 1 aliphatic rings. The molecule has 0 bridgehead atoms. The van der Waals surface area contributed by atoms with Crippen LogP contribution in [0.25, 0.3) is 0 Å². The SMILES string of the molecule is COC(=O)c1ccccc1NC(=O)COC(=O)c1ccc[nH+]c1N1CCCC1. The number of H-pyrrole nitrogens is 1. The van der Waals surface area contributed by atoms with Crippen molar-refractivity contribution in [3.8, 4) is 0 Å². The predicted octanol–water partition coefficient (Wildman–Crippen LogP) is 1.68. The van der Waals surface area contributed by atoms with E-state index in [1.807, 2.05) is 0 Å². The topological polar surface area (TPSA) is 99.1 Å². The molecule has 3 rings (SSSR count). The van der Waals surface area contributed by atoms with Crippen LogP contribution in [0.15, 0.2) is 42.6 Å². The number of carbonyl (C=O) groups is 3. The molecule has 8 nitrogen and oxygen atoms in total. The van der Waals surface area contributed by atoms with E-state index in [0.29, 0.717) is 17.1 Å². The van der Waals surface area contributed by atoms with Crippen LogP contribution in [0.1, 0.15) is 33.6 Å². The van der Waals surface area contributed by atoms with Crippen LogP contribution in [-0.4, -0.2) is 44.7 Å². The fraction of sp³-hybridized carbons (Fsp3) is 0.300. The van der Waals surface area contributed by atoms with Crippen molar-refractivity contribution in [2.45, 2.75) is 12.8 Å². The molecule has 0 atom stereocenters. The molecule has 1 aliphatic heterocycles. The van der Waals surface area contributed by atoms with Gasteiger partial charge in [0.05, 0.1) is 37.6 Å². The number of carbonyl (C=O) groups excluding carboxylic acids is 3. The Balaban J connectivity index is 1.63. The summed E-state index contributed by atoms with van der Waals surface area (Å²) in [6.45, 7) is 1.26. The lowest BCUT2D eigenvalue weighted by Gasteiger charge is -2.12. The Kier molecular flexibility index (Phi) is 6.21. The van der Waals surface area contributed by atoms with Gasteiger partial charge in [0.25, 0.3) is 11.7 Å². The zero-order chi connectivity index (χ0) is 19.9. The average Bonchev–Trinajstić information content (AvgIpc) is 3.26. The minimum absolute atomic E-state index is 0.221. The van der Waals surface area contributed by atoms with Gasteiger partial charge in [0, 0.05) is 0 Å². The summed E-state index contributed by atoms with van der Waals surface area (Å²) in [7, 11) is 1.26. The number of nitrogens with one attached hydrogen (secondary N) is 2. The predicted molar refractivity (Wildman–Crippen MR) is 101 cm³/mol. The Labute approximate surface area is 162 Å². The molecule has 1 saturated heterocycles. The summed E-state index contributed by atoms with van der Waals surface area (Å²) in [5.74, 6) is -1.01. The lowest BCUT2D eigenvalue weighted by atomic mass is 10.2. The Morgan fingerprint density at radius 1 is 1.04 bits per heavy atom. The first kappa shape index (κ1) is 19.3. The number of ether oxygens (including phenoxy) is 2. The van der Waals surface area contributed by atoms with Crippen molar-refractivity contribution < 1.29 is 28.8 Å². The molecular formula is C20H22N3O5+. The molecule has 0 aliphatic carbocycles. The number of hydrogen-bond donors (Lipinski definition) is 1. The van der Waals surface area contributed by atoms with Crippen LogP contribution in [0.4, 0.5) is 11.5 Å². The van der Waals surface area contributed by atoms with Crippen molar-refractivity contribution in [3.63, 3.8) is 0 Å². The molecule has 1 aromatic carbocycles. The Morgan fingerprint density at radius 2 is 1.75 bits per heavy atom. The number of esters is 2. The smallest absolute Gasteiger partial charge is 0.347 e. The van der Waals surface area contributed by atoms with Gasteiger partial charge in [-0.05, 0) is 37.1 Å². The van der Waals surface area contributed by atoms with Crippen molar-refractivity contribution in [1.29, 1.82) is 0 Å². The molecule has 2 aromatic rings. The highest BCUT2D eigenvalue weighted by atomic mass is 16.5. The van der Waals surface area contributed by atoms with Crippen LogP contribution >= 0.6 is 0 Å². The first-order chi connectivity index (χ1) is 13.6. The summed E-state index contributed by atoms with van der Waals surface area (Å²) < 4.78 is 9.87. The second-order valence-electron chi connectivity index (χ2n) is 6.29. The highest BCUT2D eigenvalue weighted by Crippen LogP contribution is 2.20. The number of nitrogens with zero attached hydrogens (tertiary/aromatic N) is 1. The summed E-state index contributed by atoms with van der Waals surface area (Å²) in [6, 6.07) is 9.82. The lowest BCUT2D eigenvalue weighted by molar-refractivity contribution is -0.364. The summed E-state index contributed by atoms with van der Waals surface area (Å²) in [6.07, 6.45) is 3.89. The summed E-state index contributed by atoms with van der Waals surface area (Å²) in [4.78, 5) is 41.6. The zero-order valence-electron chi connectivity index (χ0n) is 15.6. The van der Waals surface area contributed by atoms with Gasteiger partial charge in [-0.25, -0.2) is 14.6 Å². The van der Waals surface area contributed by atoms with E-state index in [0.717, 1.165) is 25.9 Å². The molecule has 1 aromatic heterocycles. The van der Waals surface area contributed by atoms with E-state index in [1.165, 1.54) is 13.2 Å². The van der Waals surface area contributed by atoms with Crippen molar-refractivity contribution in [2.24, 2.45) is 0 Å². The van der Waals surface area contributed by atoms with E-state index in [1.54, 1.807) is 36.5 Å². The van der Waals surface area contributed by atoms with E-state index in [4.69, 9.17) is 9.47 Å². The van der Waals surface area contributed by atoms with Gasteiger partial charge in [-0.15, -0.1) is 0 Å². The number of pyridine rings is 1. The maximum Gasteiger partial charge on any atom is 0.347 e. The minimum Gasteiger partial charge on any atom is -0.465 e. The largest absolute Gasteiger partial charge is 0.465 e. The van der Waals surface area contributed by atoms with E-state index in [2.05, 4.69) is 15.2 Å². The van der Waals surface area contributed by atoms with Gasteiger partial charge in [0.15, 0.2) is 6.61 Å². The third-order valence-electron chi connectivity index (χ3n) is 4.42. The monoisotopic (exact) mass is 384 g/mol. The molecule has 1 amide bonds. The highest BCUT2D eigenvalue weighted by molar-refractivity contribution is 6.02. The molecule has 146 valence electrons. The number of aromatic nitrogens is 1. The van der Waals surface area contributed by atoms with Gasteiger partial charge in [0.1, 0.15) is 5.56 Å².